The van der Waals surface area contributed by atoms with Gasteiger partial charge < -0.3 is 10.2 Å². The molecule has 11 heavy (non-hydrogen) atoms. The molecule has 0 saturated carbocycles. The van der Waals surface area contributed by atoms with Crippen molar-refractivity contribution in [3.8, 4) is 0 Å². The normalized spacial score (nSPS) is 10.8. The van der Waals surface area contributed by atoms with Crippen molar-refractivity contribution in [2.24, 2.45) is 0 Å². The average Bonchev–Trinajstić information content (AvgIpc) is 1.85. The first-order valence-corrected chi connectivity index (χ1v) is 3.41. The van der Waals surface area contributed by atoms with E-state index in [0.717, 1.165) is 6.92 Å². The van der Waals surface area contributed by atoms with Crippen LogP contribution in [0.2, 0.25) is 0 Å². The van der Waals surface area contributed by atoms with Gasteiger partial charge in [-0.2, -0.15) is 0 Å². The third kappa shape index (κ3) is 17.6. The fourth-order valence-electron chi connectivity index (χ4n) is 0.175. The second-order valence-electron chi connectivity index (χ2n) is 1.73. The van der Waals surface area contributed by atoms with Crippen molar-refractivity contribution in [2.45, 2.75) is 25.6 Å². The minimum Gasteiger partial charge on any atom is -0.481 e. The molecule has 5 heteroatoms. The van der Waals surface area contributed by atoms with Crippen molar-refractivity contribution in [1.29, 1.82) is 0 Å². The van der Waals surface area contributed by atoms with Gasteiger partial charge in [0, 0.05) is 6.92 Å². The largest absolute Gasteiger partial charge is 0.481 e. The Morgan fingerprint density at radius 2 is 1.73 bits per heavy atom. The number of hydrogen-bond donors (Lipinski definition) is 2. The zero-order valence-corrected chi connectivity index (χ0v) is 7.13. The van der Waals surface area contributed by atoms with Crippen molar-refractivity contribution < 1.29 is 19.8 Å². The summed E-state index contributed by atoms with van der Waals surface area (Å²) in [4.78, 5) is 18.8. The Bertz CT molecular complexity index is 131. The van der Waals surface area contributed by atoms with Crippen LogP contribution in [-0.2, 0) is 9.59 Å². The van der Waals surface area contributed by atoms with Crippen LogP contribution in [0, 0.1) is 0 Å². The zero-order valence-electron chi connectivity index (χ0n) is 6.37. The molecule has 1 unspecified atom stereocenters. The quantitative estimate of drug-likeness (QED) is 0.629. The van der Waals surface area contributed by atoms with Crippen LogP contribution in [0.25, 0.3) is 0 Å². The van der Waals surface area contributed by atoms with Gasteiger partial charge in [0.25, 0.3) is 5.97 Å². The molecule has 0 bridgehead atoms. The smallest absolute Gasteiger partial charge is 0.321 e. The van der Waals surface area contributed by atoms with Crippen molar-refractivity contribution in [3.05, 3.63) is 0 Å². The van der Waals surface area contributed by atoms with Gasteiger partial charge in [0.15, 0.2) is 0 Å². The van der Waals surface area contributed by atoms with Crippen LogP contribution >= 0.6 is 11.6 Å². The minimum absolute atomic E-state index is 0.483. The third-order valence-electron chi connectivity index (χ3n) is 0.626. The number of hydrogen-bond acceptors (Lipinski definition) is 2. The summed E-state index contributed by atoms with van der Waals surface area (Å²) in [6.07, 6.45) is 0.483. The van der Waals surface area contributed by atoms with Gasteiger partial charge in [0.2, 0.25) is 0 Å². The fraction of sp³-hybridized carbons (Fsp3) is 0.667. The van der Waals surface area contributed by atoms with Gasteiger partial charge in [0.05, 0.1) is 0 Å². The van der Waals surface area contributed by atoms with Crippen LogP contribution in [0.4, 0.5) is 0 Å². The summed E-state index contributed by atoms with van der Waals surface area (Å²) in [7, 11) is 0. The van der Waals surface area contributed by atoms with Crippen LogP contribution in [0.15, 0.2) is 0 Å². The first kappa shape index (κ1) is 12.9. The number of carboxylic acids is 2. The molecule has 0 aromatic rings. The Balaban J connectivity index is 0. The molecule has 0 heterocycles. The van der Waals surface area contributed by atoms with E-state index < -0.39 is 17.3 Å². The number of carboxylic acid groups (broad SMARTS) is 2. The molecule has 0 spiro atoms. The van der Waals surface area contributed by atoms with E-state index in [1.165, 1.54) is 0 Å². The van der Waals surface area contributed by atoms with E-state index in [-0.39, 0.29) is 0 Å². The molecule has 0 aromatic heterocycles. The SMILES string of the molecule is CC(=O)O.CCC(Cl)C(=O)O. The highest BCUT2D eigenvalue weighted by atomic mass is 35.5. The second-order valence-corrected chi connectivity index (χ2v) is 2.26. The monoisotopic (exact) mass is 182 g/mol. The first-order chi connectivity index (χ1) is 4.91. The summed E-state index contributed by atoms with van der Waals surface area (Å²) in [5, 5.41) is 14.8. The third-order valence-corrected chi connectivity index (χ3v) is 1.12. The molecular formula is C6H11ClO4. The molecule has 1 atom stereocenters. The highest BCUT2D eigenvalue weighted by Gasteiger charge is 2.08. The Morgan fingerprint density at radius 1 is 1.45 bits per heavy atom. The zero-order chi connectivity index (χ0) is 9.44. The van der Waals surface area contributed by atoms with Crippen LogP contribution in [-0.4, -0.2) is 27.5 Å². The molecule has 0 saturated heterocycles. The lowest BCUT2D eigenvalue weighted by atomic mass is 10.3. The van der Waals surface area contributed by atoms with Crippen molar-refractivity contribution >= 4 is 23.5 Å². The standard InChI is InChI=1S/C4H7ClO2.C2H4O2/c1-2-3(5)4(6)7;1-2(3)4/h3H,2H2,1H3,(H,6,7);1H3,(H,3,4). The van der Waals surface area contributed by atoms with Gasteiger partial charge in [-0.3, -0.25) is 9.59 Å². The van der Waals surface area contributed by atoms with E-state index in [1.54, 1.807) is 6.92 Å². The minimum atomic E-state index is -0.941. The Labute approximate surface area is 69.8 Å². The van der Waals surface area contributed by atoms with E-state index in [4.69, 9.17) is 26.6 Å². The summed E-state index contributed by atoms with van der Waals surface area (Å²) in [6.45, 7) is 2.81. The molecule has 66 valence electrons. The van der Waals surface area contributed by atoms with E-state index >= 15 is 0 Å². The number of aliphatic carboxylic acids is 2. The van der Waals surface area contributed by atoms with Gasteiger partial charge >= 0.3 is 5.97 Å². The Hall–Kier alpha value is -0.770. The summed E-state index contributed by atoms with van der Waals surface area (Å²) < 4.78 is 0. The lowest BCUT2D eigenvalue weighted by Crippen LogP contribution is -2.10. The summed E-state index contributed by atoms with van der Waals surface area (Å²) >= 11 is 5.20. The predicted molar refractivity (Wildman–Crippen MR) is 40.9 cm³/mol. The second kappa shape index (κ2) is 7.34. The molecule has 0 fully saturated rings. The van der Waals surface area contributed by atoms with E-state index in [1.807, 2.05) is 0 Å². The van der Waals surface area contributed by atoms with E-state index in [9.17, 15) is 4.79 Å². The number of carbonyl (C=O) groups is 2. The maximum atomic E-state index is 9.80. The summed E-state index contributed by atoms with van der Waals surface area (Å²) in [5.41, 5.74) is 0. The van der Waals surface area contributed by atoms with Crippen molar-refractivity contribution in [3.63, 3.8) is 0 Å². The molecule has 0 aromatic carbocycles. The maximum Gasteiger partial charge on any atom is 0.321 e. The molecular weight excluding hydrogens is 172 g/mol. The summed E-state index contributed by atoms with van der Waals surface area (Å²) in [5.74, 6) is -1.77. The molecule has 0 aliphatic heterocycles. The Morgan fingerprint density at radius 3 is 1.73 bits per heavy atom. The Kier molecular flexibility index (Phi) is 8.58. The van der Waals surface area contributed by atoms with Gasteiger partial charge in [-0.15, -0.1) is 11.6 Å². The molecule has 0 radical (unpaired) electrons. The van der Waals surface area contributed by atoms with Crippen LogP contribution in [0.1, 0.15) is 20.3 Å². The fourth-order valence-corrected chi connectivity index (χ4v) is 0.175. The topological polar surface area (TPSA) is 74.6 Å². The number of halogens is 1. The average molecular weight is 183 g/mol. The van der Waals surface area contributed by atoms with Gasteiger partial charge in [-0.1, -0.05) is 6.92 Å². The molecule has 0 amide bonds. The van der Waals surface area contributed by atoms with Crippen molar-refractivity contribution in [2.75, 3.05) is 0 Å². The maximum absolute atomic E-state index is 9.80. The number of alkyl halides is 1. The molecule has 2 N–H and O–H groups in total. The van der Waals surface area contributed by atoms with Gasteiger partial charge in [-0.25, -0.2) is 0 Å². The highest BCUT2D eigenvalue weighted by Crippen LogP contribution is 1.98. The lowest BCUT2D eigenvalue weighted by molar-refractivity contribution is -0.137. The van der Waals surface area contributed by atoms with Gasteiger partial charge in [0.1, 0.15) is 5.38 Å². The van der Waals surface area contributed by atoms with Gasteiger partial charge in [-0.05, 0) is 6.42 Å². The molecule has 0 aliphatic rings. The van der Waals surface area contributed by atoms with Crippen LogP contribution < -0.4 is 0 Å². The van der Waals surface area contributed by atoms with E-state index in [0.29, 0.717) is 6.42 Å². The predicted octanol–water partition coefficient (Wildman–Crippen LogP) is 1.18. The van der Waals surface area contributed by atoms with E-state index in [2.05, 4.69) is 0 Å². The highest BCUT2D eigenvalue weighted by molar-refractivity contribution is 6.29. The summed E-state index contributed by atoms with van der Waals surface area (Å²) in [6, 6.07) is 0. The first-order valence-electron chi connectivity index (χ1n) is 2.98. The molecule has 0 aliphatic carbocycles. The molecule has 0 rings (SSSR count). The molecule has 4 nitrogen and oxygen atoms in total. The van der Waals surface area contributed by atoms with Crippen LogP contribution in [0.5, 0.6) is 0 Å². The van der Waals surface area contributed by atoms with Crippen LogP contribution in [0.3, 0.4) is 0 Å². The van der Waals surface area contributed by atoms with Crippen molar-refractivity contribution in [1.82, 2.24) is 0 Å². The lowest BCUT2D eigenvalue weighted by Gasteiger charge is -1.93. The number of rotatable bonds is 2.